The summed E-state index contributed by atoms with van der Waals surface area (Å²) in [5.74, 6) is -1.02. The van der Waals surface area contributed by atoms with E-state index in [2.05, 4.69) is 23.6 Å². The van der Waals surface area contributed by atoms with Gasteiger partial charge < -0.3 is 14.9 Å². The molecule has 0 unspecified atom stereocenters. The summed E-state index contributed by atoms with van der Waals surface area (Å²) < 4.78 is 27.8. The third-order valence-electron chi connectivity index (χ3n) is 4.02. The molecule has 3 rings (SSSR count). The van der Waals surface area contributed by atoms with Crippen molar-refractivity contribution in [1.29, 1.82) is 0 Å². The Kier molecular flexibility index (Phi) is 4.73. The molecule has 1 aromatic heterocycles. The van der Waals surface area contributed by atoms with E-state index in [1.807, 2.05) is 0 Å². The molecule has 0 saturated carbocycles. The van der Waals surface area contributed by atoms with Crippen LogP contribution in [0.4, 0.5) is 5.69 Å². The number of anilines is 1. The topological polar surface area (TPSA) is 102 Å². The van der Waals surface area contributed by atoms with Gasteiger partial charge in [0.1, 0.15) is 0 Å². The Morgan fingerprint density at radius 2 is 1.77 bits per heavy atom. The first-order valence-electron chi connectivity index (χ1n) is 8.22. The summed E-state index contributed by atoms with van der Waals surface area (Å²) in [4.78, 5) is 14.1. The largest absolute Gasteiger partial charge is 0.543 e. The molecule has 0 radical (unpaired) electrons. The lowest BCUT2D eigenvalue weighted by Gasteiger charge is -2.11. The number of aromatic nitrogens is 1. The molecule has 0 aliphatic heterocycles. The lowest BCUT2D eigenvalue weighted by atomic mass is 10.0. The summed E-state index contributed by atoms with van der Waals surface area (Å²) >= 11 is 0. The highest BCUT2D eigenvalue weighted by Gasteiger charge is 2.20. The van der Waals surface area contributed by atoms with Crippen LogP contribution in [0.25, 0.3) is 10.9 Å². The van der Waals surface area contributed by atoms with E-state index in [1.54, 1.807) is 36.4 Å². The first-order valence-corrected chi connectivity index (χ1v) is 9.70. The van der Waals surface area contributed by atoms with E-state index >= 15 is 0 Å². The number of hydrogen-bond donors (Lipinski definition) is 2. The SMILES string of the molecule is CC(C)Cc1ccc(S(=O)(=O)Nc2c(C(=O)[O-])[nH]c3ccccc23)cc1. The number of aromatic carboxylic acids is 1. The molecule has 2 N–H and O–H groups in total. The summed E-state index contributed by atoms with van der Waals surface area (Å²) in [5.41, 5.74) is 1.23. The lowest BCUT2D eigenvalue weighted by molar-refractivity contribution is -0.255. The highest BCUT2D eigenvalue weighted by atomic mass is 32.2. The van der Waals surface area contributed by atoms with Gasteiger partial charge in [0.05, 0.1) is 22.2 Å². The maximum absolute atomic E-state index is 12.7. The van der Waals surface area contributed by atoms with Gasteiger partial charge in [0, 0.05) is 10.9 Å². The summed E-state index contributed by atoms with van der Waals surface area (Å²) in [6.07, 6.45) is 0.852. The minimum Gasteiger partial charge on any atom is -0.543 e. The summed E-state index contributed by atoms with van der Waals surface area (Å²) in [6, 6.07) is 13.3. The molecule has 0 saturated heterocycles. The van der Waals surface area contributed by atoms with E-state index in [0.29, 0.717) is 16.8 Å². The predicted molar refractivity (Wildman–Crippen MR) is 98.4 cm³/mol. The van der Waals surface area contributed by atoms with Crippen LogP contribution < -0.4 is 9.83 Å². The van der Waals surface area contributed by atoms with Crippen molar-refractivity contribution in [2.75, 3.05) is 4.72 Å². The molecule has 0 fully saturated rings. The molecule has 0 amide bonds. The molecular weight excluding hydrogens is 352 g/mol. The van der Waals surface area contributed by atoms with Crippen LogP contribution in [-0.4, -0.2) is 19.4 Å². The van der Waals surface area contributed by atoms with Crippen molar-refractivity contribution in [3.05, 3.63) is 59.8 Å². The third-order valence-corrected chi connectivity index (χ3v) is 5.39. The molecular formula is C19H19N2O4S-. The molecule has 136 valence electrons. The molecule has 7 heteroatoms. The molecule has 0 atom stereocenters. The maximum Gasteiger partial charge on any atom is 0.261 e. The van der Waals surface area contributed by atoms with Crippen LogP contribution >= 0.6 is 0 Å². The molecule has 3 aromatic rings. The number of aromatic amines is 1. The fourth-order valence-electron chi connectivity index (χ4n) is 2.87. The first kappa shape index (κ1) is 18.0. The van der Waals surface area contributed by atoms with Gasteiger partial charge in [0.2, 0.25) is 0 Å². The quantitative estimate of drug-likeness (QED) is 0.695. The van der Waals surface area contributed by atoms with Crippen LogP contribution in [0, 0.1) is 5.92 Å². The zero-order chi connectivity index (χ0) is 18.9. The molecule has 0 spiro atoms. The van der Waals surface area contributed by atoms with Crippen LogP contribution in [-0.2, 0) is 16.4 Å². The van der Waals surface area contributed by atoms with Crippen molar-refractivity contribution >= 4 is 32.6 Å². The Hall–Kier alpha value is -2.80. The van der Waals surface area contributed by atoms with Crippen LogP contribution in [0.1, 0.15) is 29.9 Å². The van der Waals surface area contributed by atoms with Crippen molar-refractivity contribution < 1.29 is 18.3 Å². The van der Waals surface area contributed by atoms with Gasteiger partial charge in [0.15, 0.2) is 0 Å². The number of benzene rings is 2. The van der Waals surface area contributed by atoms with Crippen molar-refractivity contribution in [1.82, 2.24) is 4.98 Å². The van der Waals surface area contributed by atoms with Gasteiger partial charge in [-0.05, 0) is 36.1 Å². The fourth-order valence-corrected chi connectivity index (χ4v) is 3.96. The molecule has 1 heterocycles. The van der Waals surface area contributed by atoms with Crippen LogP contribution in [0.15, 0.2) is 53.4 Å². The van der Waals surface area contributed by atoms with Crippen molar-refractivity contribution in [2.45, 2.75) is 25.2 Å². The molecule has 0 aliphatic rings. The van der Waals surface area contributed by atoms with E-state index in [4.69, 9.17) is 0 Å². The molecule has 0 aliphatic carbocycles. The summed E-state index contributed by atoms with van der Waals surface area (Å²) in [5, 5.41) is 11.8. The number of sulfonamides is 1. The minimum absolute atomic E-state index is 0.0214. The van der Waals surface area contributed by atoms with Crippen LogP contribution in [0.2, 0.25) is 0 Å². The van der Waals surface area contributed by atoms with E-state index in [9.17, 15) is 18.3 Å². The number of carbonyl (C=O) groups excluding carboxylic acids is 1. The van der Waals surface area contributed by atoms with Crippen molar-refractivity contribution in [3.63, 3.8) is 0 Å². The number of H-pyrrole nitrogens is 1. The summed E-state index contributed by atoms with van der Waals surface area (Å²) in [6.45, 7) is 4.18. The zero-order valence-electron chi connectivity index (χ0n) is 14.4. The van der Waals surface area contributed by atoms with Crippen LogP contribution in [0.3, 0.4) is 0 Å². The monoisotopic (exact) mass is 371 g/mol. The van der Waals surface area contributed by atoms with Gasteiger partial charge in [0.25, 0.3) is 10.0 Å². The number of hydrogen-bond acceptors (Lipinski definition) is 4. The Bertz CT molecular complexity index is 1050. The van der Waals surface area contributed by atoms with E-state index < -0.39 is 16.0 Å². The van der Waals surface area contributed by atoms with Crippen LogP contribution in [0.5, 0.6) is 0 Å². The van der Waals surface area contributed by atoms with E-state index in [1.165, 1.54) is 12.1 Å². The average molecular weight is 371 g/mol. The predicted octanol–water partition coefficient (Wildman–Crippen LogP) is 2.53. The number of carboxylic acids is 1. The summed E-state index contributed by atoms with van der Waals surface area (Å²) in [7, 11) is -3.94. The molecule has 6 nitrogen and oxygen atoms in total. The Balaban J connectivity index is 1.98. The van der Waals surface area contributed by atoms with Crippen molar-refractivity contribution in [3.8, 4) is 0 Å². The lowest BCUT2D eigenvalue weighted by Crippen LogP contribution is -2.25. The van der Waals surface area contributed by atoms with Gasteiger partial charge in [-0.15, -0.1) is 0 Å². The average Bonchev–Trinajstić information content (AvgIpc) is 2.93. The minimum atomic E-state index is -3.94. The van der Waals surface area contributed by atoms with E-state index in [-0.39, 0.29) is 16.3 Å². The number of rotatable bonds is 6. The normalized spacial score (nSPS) is 11.8. The zero-order valence-corrected chi connectivity index (χ0v) is 15.3. The Morgan fingerprint density at radius 1 is 1.12 bits per heavy atom. The second-order valence-electron chi connectivity index (χ2n) is 6.56. The van der Waals surface area contributed by atoms with Gasteiger partial charge >= 0.3 is 0 Å². The van der Waals surface area contributed by atoms with Crippen molar-refractivity contribution in [2.24, 2.45) is 5.92 Å². The number of carboxylic acid groups (broad SMARTS) is 1. The van der Waals surface area contributed by atoms with E-state index in [0.717, 1.165) is 12.0 Å². The second kappa shape index (κ2) is 6.84. The number of carbonyl (C=O) groups is 1. The molecule has 2 aromatic carbocycles. The first-order chi connectivity index (χ1) is 12.3. The standard InChI is InChI=1S/C19H20N2O4S/c1-12(2)11-13-7-9-14(10-8-13)26(24,25)21-17-15-5-3-4-6-16(15)20-18(17)19(22)23/h3-10,12,20-21H,11H2,1-2H3,(H,22,23)/p-1. The van der Waals surface area contributed by atoms with Gasteiger partial charge in [-0.25, -0.2) is 8.42 Å². The molecule has 0 bridgehead atoms. The smallest absolute Gasteiger partial charge is 0.261 e. The third kappa shape index (κ3) is 3.57. The number of para-hydroxylation sites is 1. The van der Waals surface area contributed by atoms with Gasteiger partial charge in [-0.3, -0.25) is 4.72 Å². The Labute approximate surface area is 151 Å². The highest BCUT2D eigenvalue weighted by molar-refractivity contribution is 7.92. The number of fused-ring (bicyclic) bond motifs is 1. The molecule has 26 heavy (non-hydrogen) atoms. The van der Waals surface area contributed by atoms with Gasteiger partial charge in [-0.1, -0.05) is 44.2 Å². The maximum atomic E-state index is 12.7. The highest BCUT2D eigenvalue weighted by Crippen LogP contribution is 2.29. The Morgan fingerprint density at radius 3 is 2.38 bits per heavy atom. The van der Waals surface area contributed by atoms with Gasteiger partial charge in [-0.2, -0.15) is 0 Å². The number of nitrogens with one attached hydrogen (secondary N) is 2. The fraction of sp³-hybridized carbons (Fsp3) is 0.211. The second-order valence-corrected chi connectivity index (χ2v) is 8.24.